The number of aromatic amines is 1. The Balaban J connectivity index is 1.42. The number of aryl methyl sites for hydroxylation is 1. The third-order valence-electron chi connectivity index (χ3n) is 6.01. The van der Waals surface area contributed by atoms with Gasteiger partial charge in [-0.1, -0.05) is 31.2 Å². The summed E-state index contributed by atoms with van der Waals surface area (Å²) >= 11 is 0. The molecule has 1 aromatic heterocycles. The summed E-state index contributed by atoms with van der Waals surface area (Å²) in [4.78, 5) is 43.0. The van der Waals surface area contributed by atoms with Gasteiger partial charge < -0.3 is 19.8 Å². The van der Waals surface area contributed by atoms with Crippen molar-refractivity contribution in [1.82, 2.24) is 15.2 Å². The van der Waals surface area contributed by atoms with Gasteiger partial charge in [-0.3, -0.25) is 14.5 Å². The minimum atomic E-state index is -1.30. The van der Waals surface area contributed by atoms with Crippen molar-refractivity contribution in [3.8, 4) is 11.5 Å². The molecule has 158 valence electrons. The number of benzene rings is 2. The molecule has 3 heterocycles. The third-order valence-corrected chi connectivity index (χ3v) is 6.01. The lowest BCUT2D eigenvalue weighted by Gasteiger charge is -2.22. The van der Waals surface area contributed by atoms with Gasteiger partial charge in [-0.2, -0.15) is 0 Å². The van der Waals surface area contributed by atoms with Gasteiger partial charge in [-0.25, -0.2) is 4.79 Å². The molecule has 1 fully saturated rings. The lowest BCUT2D eigenvalue weighted by Crippen LogP contribution is -2.41. The molecule has 5 rings (SSSR count). The summed E-state index contributed by atoms with van der Waals surface area (Å²) < 4.78 is 10.7. The van der Waals surface area contributed by atoms with Gasteiger partial charge >= 0.3 is 6.03 Å². The molecule has 3 aromatic rings. The van der Waals surface area contributed by atoms with E-state index in [0.29, 0.717) is 22.6 Å². The average Bonchev–Trinajstić information content (AvgIpc) is 3.46. The second-order valence-electron chi connectivity index (χ2n) is 7.83. The maximum absolute atomic E-state index is 13.2. The minimum Gasteiger partial charge on any atom is -0.454 e. The number of carbonyl (C=O) groups is 3. The first-order valence-electron chi connectivity index (χ1n) is 10.1. The summed E-state index contributed by atoms with van der Waals surface area (Å²) in [5.74, 6) is 0.305. The van der Waals surface area contributed by atoms with Crippen LogP contribution in [-0.4, -0.2) is 40.9 Å². The molecule has 1 saturated heterocycles. The third kappa shape index (κ3) is 2.86. The van der Waals surface area contributed by atoms with Crippen LogP contribution in [0.3, 0.4) is 0 Å². The van der Waals surface area contributed by atoms with E-state index in [0.717, 1.165) is 27.8 Å². The number of amides is 3. The van der Waals surface area contributed by atoms with Crippen LogP contribution in [0.15, 0.2) is 42.6 Å². The SMILES string of the molecule is CCc1cccc2c(C(=O)CN3C(=O)N[C@](C)(c4ccc5c(c4)OCO5)C3=O)c[nH]c12. The van der Waals surface area contributed by atoms with E-state index >= 15 is 0 Å². The van der Waals surface area contributed by atoms with Gasteiger partial charge in [0, 0.05) is 22.7 Å². The van der Waals surface area contributed by atoms with Crippen LogP contribution in [0.5, 0.6) is 11.5 Å². The van der Waals surface area contributed by atoms with Crippen molar-refractivity contribution < 1.29 is 23.9 Å². The van der Waals surface area contributed by atoms with Crippen LogP contribution in [0.2, 0.25) is 0 Å². The van der Waals surface area contributed by atoms with Gasteiger partial charge in [-0.15, -0.1) is 0 Å². The lowest BCUT2D eigenvalue weighted by molar-refractivity contribution is -0.130. The number of fused-ring (bicyclic) bond motifs is 2. The minimum absolute atomic E-state index is 0.112. The molecule has 0 unspecified atom stereocenters. The highest BCUT2D eigenvalue weighted by molar-refractivity contribution is 6.14. The van der Waals surface area contributed by atoms with Gasteiger partial charge in [0.1, 0.15) is 5.54 Å². The van der Waals surface area contributed by atoms with E-state index in [1.807, 2.05) is 25.1 Å². The van der Waals surface area contributed by atoms with Crippen LogP contribution in [-0.2, 0) is 16.8 Å². The number of ether oxygens (including phenoxy) is 2. The zero-order valence-corrected chi connectivity index (χ0v) is 17.2. The molecule has 0 aliphatic carbocycles. The van der Waals surface area contributed by atoms with Crippen LogP contribution >= 0.6 is 0 Å². The number of ketones is 1. The first-order chi connectivity index (χ1) is 14.9. The predicted octanol–water partition coefficient (Wildman–Crippen LogP) is 3.11. The molecule has 8 heteroatoms. The van der Waals surface area contributed by atoms with Gasteiger partial charge in [-0.05, 0) is 36.6 Å². The Morgan fingerprint density at radius 1 is 1.16 bits per heavy atom. The fraction of sp³-hybridized carbons (Fsp3) is 0.261. The number of aromatic nitrogens is 1. The summed E-state index contributed by atoms with van der Waals surface area (Å²) in [5.41, 5.74) is 1.72. The van der Waals surface area contributed by atoms with Crippen molar-refractivity contribution in [3.63, 3.8) is 0 Å². The standard InChI is InChI=1S/C23H21N3O5/c1-3-13-5-4-6-15-16(10-24-20(13)15)17(27)11-26-21(28)23(2,25-22(26)29)14-7-8-18-19(9-14)31-12-30-18/h4-10,24H,3,11-12H2,1-2H3,(H,25,29)/t23-/m1/s1. The monoisotopic (exact) mass is 419 g/mol. The van der Waals surface area contributed by atoms with Crippen molar-refractivity contribution >= 4 is 28.6 Å². The Hall–Kier alpha value is -3.81. The Morgan fingerprint density at radius 2 is 1.97 bits per heavy atom. The topological polar surface area (TPSA) is 101 Å². The summed E-state index contributed by atoms with van der Waals surface area (Å²) in [6.45, 7) is 3.44. The number of imide groups is 1. The maximum atomic E-state index is 13.2. The maximum Gasteiger partial charge on any atom is 0.325 e. The molecular formula is C23H21N3O5. The van der Waals surface area contributed by atoms with Crippen LogP contribution in [0.4, 0.5) is 4.79 Å². The van der Waals surface area contributed by atoms with Crippen molar-refractivity contribution in [2.24, 2.45) is 0 Å². The summed E-state index contributed by atoms with van der Waals surface area (Å²) in [7, 11) is 0. The normalized spacial score (nSPS) is 19.9. The quantitative estimate of drug-likeness (QED) is 0.489. The van der Waals surface area contributed by atoms with Crippen molar-refractivity contribution in [2.75, 3.05) is 13.3 Å². The second kappa shape index (κ2) is 6.87. The lowest BCUT2D eigenvalue weighted by atomic mass is 9.91. The predicted molar refractivity (Wildman–Crippen MR) is 112 cm³/mol. The van der Waals surface area contributed by atoms with E-state index in [-0.39, 0.29) is 19.1 Å². The van der Waals surface area contributed by atoms with E-state index in [1.165, 1.54) is 0 Å². The zero-order valence-electron chi connectivity index (χ0n) is 17.2. The molecule has 0 saturated carbocycles. The van der Waals surface area contributed by atoms with Crippen LogP contribution in [0.1, 0.15) is 35.3 Å². The molecule has 2 aromatic carbocycles. The van der Waals surface area contributed by atoms with Crippen molar-refractivity contribution in [3.05, 3.63) is 59.3 Å². The summed E-state index contributed by atoms with van der Waals surface area (Å²) in [5, 5.41) is 3.51. The molecule has 2 aliphatic rings. The average molecular weight is 419 g/mol. The highest BCUT2D eigenvalue weighted by Gasteiger charge is 2.50. The number of para-hydroxylation sites is 1. The van der Waals surface area contributed by atoms with Crippen LogP contribution in [0, 0.1) is 0 Å². The molecule has 31 heavy (non-hydrogen) atoms. The first kappa shape index (κ1) is 19.2. The molecule has 3 amide bonds. The van der Waals surface area contributed by atoms with Gasteiger partial charge in [0.05, 0.1) is 6.54 Å². The van der Waals surface area contributed by atoms with Crippen LogP contribution in [0.25, 0.3) is 10.9 Å². The van der Waals surface area contributed by atoms with E-state index in [4.69, 9.17) is 9.47 Å². The second-order valence-corrected chi connectivity index (χ2v) is 7.83. The number of nitrogens with one attached hydrogen (secondary N) is 2. The van der Waals surface area contributed by atoms with Crippen molar-refractivity contribution in [2.45, 2.75) is 25.8 Å². The van der Waals surface area contributed by atoms with E-state index in [9.17, 15) is 14.4 Å². The molecule has 0 spiro atoms. The molecular weight excluding hydrogens is 398 g/mol. The van der Waals surface area contributed by atoms with Gasteiger partial charge in [0.15, 0.2) is 17.3 Å². The molecule has 0 radical (unpaired) electrons. The number of Topliss-reactive ketones (excluding diaryl/α,β-unsaturated/α-hetero) is 1. The molecule has 2 aliphatic heterocycles. The molecule has 8 nitrogen and oxygen atoms in total. The zero-order chi connectivity index (χ0) is 21.8. The van der Waals surface area contributed by atoms with E-state index in [1.54, 1.807) is 31.3 Å². The Morgan fingerprint density at radius 3 is 2.77 bits per heavy atom. The number of rotatable bonds is 5. The number of carbonyl (C=O) groups excluding carboxylic acids is 3. The Bertz CT molecular complexity index is 1250. The first-order valence-corrected chi connectivity index (χ1v) is 10.1. The number of H-pyrrole nitrogens is 1. The van der Waals surface area contributed by atoms with Gasteiger partial charge in [0.25, 0.3) is 5.91 Å². The number of nitrogens with zero attached hydrogens (tertiary/aromatic N) is 1. The Kier molecular flexibility index (Phi) is 4.25. The van der Waals surface area contributed by atoms with Gasteiger partial charge in [0.2, 0.25) is 6.79 Å². The molecule has 1 atom stereocenters. The highest BCUT2D eigenvalue weighted by atomic mass is 16.7. The number of hydrogen-bond acceptors (Lipinski definition) is 5. The fourth-order valence-corrected chi connectivity index (χ4v) is 4.21. The van der Waals surface area contributed by atoms with Crippen molar-refractivity contribution in [1.29, 1.82) is 0 Å². The summed E-state index contributed by atoms with van der Waals surface area (Å²) in [6, 6.07) is 10.2. The fourth-order valence-electron chi connectivity index (χ4n) is 4.21. The van der Waals surface area contributed by atoms with E-state index < -0.39 is 17.5 Å². The largest absolute Gasteiger partial charge is 0.454 e. The number of urea groups is 1. The number of hydrogen-bond donors (Lipinski definition) is 2. The smallest absolute Gasteiger partial charge is 0.325 e. The van der Waals surface area contributed by atoms with Crippen LogP contribution < -0.4 is 14.8 Å². The molecule has 0 bridgehead atoms. The highest BCUT2D eigenvalue weighted by Crippen LogP contribution is 2.38. The van der Waals surface area contributed by atoms with E-state index in [2.05, 4.69) is 10.3 Å². The molecule has 2 N–H and O–H groups in total. The summed E-state index contributed by atoms with van der Waals surface area (Å²) in [6.07, 6.45) is 2.47. The Labute approximate surface area is 178 Å².